The summed E-state index contributed by atoms with van der Waals surface area (Å²) in [7, 11) is -1.47. The number of carboxylic acids is 1. The molecule has 1 aliphatic heterocycles. The number of rotatable bonds is 14. The van der Waals surface area contributed by atoms with Crippen LogP contribution in [0.2, 0.25) is 10.0 Å². The number of nitrogens with two attached hydrogens (primary N) is 1. The third-order valence-corrected chi connectivity index (χ3v) is 11.9. The molecule has 16 nitrogen and oxygen atoms in total. The van der Waals surface area contributed by atoms with E-state index in [1.165, 1.54) is 12.7 Å². The molecule has 0 fully saturated rings. The molecule has 1 aliphatic rings. The number of anilines is 2. The number of alkyl halides is 3. The van der Waals surface area contributed by atoms with Crippen LogP contribution in [0.4, 0.5) is 11.4 Å². The molecule has 0 bridgehead atoms. The van der Waals surface area contributed by atoms with Gasteiger partial charge in [-0.3, -0.25) is 18.9 Å². The average molecular weight is 1070 g/mol. The minimum absolute atomic E-state index is 0.0223. The predicted octanol–water partition coefficient (Wildman–Crippen LogP) is 9.67. The molecule has 22 heteroatoms. The van der Waals surface area contributed by atoms with E-state index < -0.39 is 30.0 Å². The number of ether oxygens (including phenoxy) is 3. The summed E-state index contributed by atoms with van der Waals surface area (Å²) in [4.78, 5) is 57.3. The van der Waals surface area contributed by atoms with Crippen LogP contribution in [0.15, 0.2) is 63.8 Å². The fraction of sp³-hybridized carbons (Fsp3) is 0.500. The van der Waals surface area contributed by atoms with Gasteiger partial charge in [0.05, 0.1) is 51.9 Å². The average Bonchev–Trinajstić information content (AvgIpc) is 3.66. The van der Waals surface area contributed by atoms with Gasteiger partial charge in [0.2, 0.25) is 11.8 Å². The first-order valence-electron chi connectivity index (χ1n) is 21.4. The predicted molar refractivity (Wildman–Crippen MR) is 272 cm³/mol. The van der Waals surface area contributed by atoms with Crippen LogP contribution in [0.5, 0.6) is 11.5 Å². The summed E-state index contributed by atoms with van der Waals surface area (Å²) < 4.78 is 33.3. The number of para-hydroxylation sites is 3. The number of nitrogens with zero attached hydrogens (tertiary/aromatic N) is 4. The van der Waals surface area contributed by atoms with E-state index in [0.717, 1.165) is 33.6 Å². The molecule has 5 rings (SSSR count). The molecule has 0 radical (unpaired) electrons. The van der Waals surface area contributed by atoms with E-state index in [4.69, 9.17) is 92.4 Å². The molecule has 0 saturated carbocycles. The molecular formula is C46H63Cl5N5O11P. The van der Waals surface area contributed by atoms with Gasteiger partial charge in [-0.15, -0.1) is 16.7 Å². The Hall–Kier alpha value is -3.83. The second-order valence-corrected chi connectivity index (χ2v) is 21.7. The molecule has 2 heterocycles. The topological polar surface area (TPSA) is 217 Å². The number of halogens is 5. The number of fused-ring (bicyclic) bond motifs is 1. The monoisotopic (exact) mass is 1070 g/mol. The van der Waals surface area contributed by atoms with Crippen LogP contribution in [0.3, 0.4) is 0 Å². The third-order valence-electron chi connectivity index (χ3n) is 9.60. The van der Waals surface area contributed by atoms with Crippen LogP contribution in [0.1, 0.15) is 78.8 Å². The Morgan fingerprint density at radius 3 is 2.19 bits per heavy atom. The molecule has 4 N–H and O–H groups in total. The Morgan fingerprint density at radius 2 is 1.68 bits per heavy atom. The molecule has 0 saturated heterocycles. The lowest BCUT2D eigenvalue weighted by atomic mass is 9.97. The van der Waals surface area contributed by atoms with Gasteiger partial charge in [-0.2, -0.15) is 4.68 Å². The second-order valence-electron chi connectivity index (χ2n) is 17.0. The van der Waals surface area contributed by atoms with E-state index in [1.807, 2.05) is 91.8 Å². The molecule has 3 aromatic carbocycles. The number of aliphatic carboxylic acids is 1. The normalized spacial score (nSPS) is 14.9. The van der Waals surface area contributed by atoms with Crippen molar-refractivity contribution in [3.8, 4) is 17.2 Å². The number of hydrogen-bond donors (Lipinski definition) is 3. The Bertz CT molecular complexity index is 2400. The zero-order chi connectivity index (χ0) is 51.8. The zero-order valence-corrected chi connectivity index (χ0v) is 44.8. The fourth-order valence-electron chi connectivity index (χ4n) is 6.32. The van der Waals surface area contributed by atoms with Crippen molar-refractivity contribution in [2.75, 3.05) is 48.8 Å². The van der Waals surface area contributed by atoms with Crippen LogP contribution < -0.4 is 30.8 Å². The van der Waals surface area contributed by atoms with E-state index in [2.05, 4.69) is 18.1 Å². The highest BCUT2D eigenvalue weighted by Gasteiger charge is 2.32. The number of hydrogen-bond acceptors (Lipinski definition) is 11. The summed E-state index contributed by atoms with van der Waals surface area (Å²) in [5, 5.41) is 13.2. The number of aryl methyl sites for hydroxylation is 2. The van der Waals surface area contributed by atoms with Gasteiger partial charge in [0, 0.05) is 31.4 Å². The summed E-state index contributed by atoms with van der Waals surface area (Å²) >= 11 is 29.3. The van der Waals surface area contributed by atoms with Gasteiger partial charge in [0.25, 0.3) is 5.91 Å². The molecule has 68 heavy (non-hydrogen) atoms. The number of methoxy groups -OCH3 is 1. The van der Waals surface area contributed by atoms with Gasteiger partial charge in [-0.05, 0) is 76.8 Å². The Morgan fingerprint density at radius 1 is 1.04 bits per heavy atom. The first-order valence-corrected chi connectivity index (χ1v) is 25.9. The quantitative estimate of drug-likeness (QED) is 0.0793. The lowest BCUT2D eigenvalue weighted by molar-refractivity contribution is -0.138. The van der Waals surface area contributed by atoms with Crippen LogP contribution >= 0.6 is 65.4 Å². The fourth-order valence-corrected chi connectivity index (χ4v) is 7.93. The molecule has 4 aromatic rings. The number of amides is 2. The molecule has 0 aliphatic carbocycles. The third kappa shape index (κ3) is 18.2. The van der Waals surface area contributed by atoms with E-state index in [1.54, 1.807) is 23.0 Å². The van der Waals surface area contributed by atoms with E-state index >= 15 is 0 Å². The second kappa shape index (κ2) is 27.5. The van der Waals surface area contributed by atoms with Crippen LogP contribution in [-0.2, 0) is 35.5 Å². The number of carbonyl (C=O) groups is 3. The van der Waals surface area contributed by atoms with Crippen molar-refractivity contribution in [2.24, 2.45) is 5.73 Å². The lowest BCUT2D eigenvalue weighted by Crippen LogP contribution is -2.47. The van der Waals surface area contributed by atoms with Crippen molar-refractivity contribution in [1.29, 1.82) is 0 Å². The molecule has 2 amide bonds. The van der Waals surface area contributed by atoms with Crippen molar-refractivity contribution >= 4 is 94.5 Å². The van der Waals surface area contributed by atoms with Crippen molar-refractivity contribution in [2.45, 2.75) is 110 Å². The maximum absolute atomic E-state index is 12.2. The summed E-state index contributed by atoms with van der Waals surface area (Å²) in [6.07, 6.45) is 0.814. The van der Waals surface area contributed by atoms with Crippen LogP contribution in [0, 0.1) is 6.92 Å². The van der Waals surface area contributed by atoms with Crippen molar-refractivity contribution < 1.29 is 47.6 Å². The van der Waals surface area contributed by atoms with Gasteiger partial charge in [-0.1, -0.05) is 104 Å². The summed E-state index contributed by atoms with van der Waals surface area (Å²) in [6, 6.07) is 15.4. The minimum Gasteiger partial charge on any atom is -0.489 e. The first kappa shape index (κ1) is 60.3. The summed E-state index contributed by atoms with van der Waals surface area (Å²) in [5.41, 5.74) is 9.00. The number of aromatic nitrogens is 2. The standard InChI is InChI=1S/C15H18Cl2N2O3.C15H22ClNO2.C11H11Cl2NO2.C5H12NO4P/c1-8(2)21-12-7-11(9(16)6-10(12)17)19-14(20)22-13(18-19)15(3,4)5;1-5-13-8-6-7-11(2)15(13)17(14(18)9-16)12(3)10-19-4;1-7-6-16-9-5-3-2-4-8(9)14(7)11(15)10(12)13;1-11(9,10)3-2-4(6)5(7)8/h6-8H,1-5H3;6-8,12H,5,9-10H2,1-4H3;2-5,7,10H,6H2,1H3;4H,2-3,6H2,1H3,(H,7,8)(H,9,10). The van der Waals surface area contributed by atoms with Gasteiger partial charge in [-0.25, -0.2) is 4.79 Å². The Balaban J connectivity index is 0.000000320. The molecule has 0 spiro atoms. The molecular weight excluding hydrogens is 1010 g/mol. The van der Waals surface area contributed by atoms with Gasteiger partial charge >= 0.3 is 11.7 Å². The maximum atomic E-state index is 12.2. The van der Waals surface area contributed by atoms with Crippen molar-refractivity contribution in [1.82, 2.24) is 9.78 Å². The highest BCUT2D eigenvalue weighted by Crippen LogP contribution is 2.37. The number of carboxylic acid groups (broad SMARTS) is 1. The van der Waals surface area contributed by atoms with E-state index in [0.29, 0.717) is 41.3 Å². The van der Waals surface area contributed by atoms with Crippen LogP contribution in [-0.4, -0.2) is 106 Å². The Kier molecular flexibility index (Phi) is 24.4. The van der Waals surface area contributed by atoms with Crippen molar-refractivity contribution in [3.05, 3.63) is 92.2 Å². The SMILES string of the molecule is CC(C)Oc1cc(-n2nc(C(C)(C)C)oc2=O)c(Cl)cc1Cl.CC1COc2ccccc2N1C(=O)C(Cl)Cl.CCc1cccc(C)c1N(C(=O)CCl)C(C)COC.CP(=O)(O)CCC(N)C(=O)O. The van der Waals surface area contributed by atoms with E-state index in [-0.39, 0.29) is 58.9 Å². The molecule has 4 unspecified atom stereocenters. The smallest absolute Gasteiger partial charge is 0.442 e. The summed E-state index contributed by atoms with van der Waals surface area (Å²) in [5.74, 6) is -0.725. The molecule has 1 aromatic heterocycles. The van der Waals surface area contributed by atoms with Crippen LogP contribution in [0.25, 0.3) is 5.69 Å². The largest absolute Gasteiger partial charge is 0.489 e. The van der Waals surface area contributed by atoms with Crippen molar-refractivity contribution in [3.63, 3.8) is 0 Å². The molecule has 378 valence electrons. The Labute approximate surface area is 423 Å². The first-order chi connectivity index (χ1) is 31.6. The van der Waals surface area contributed by atoms with Gasteiger partial charge in [0.1, 0.15) is 30.0 Å². The summed E-state index contributed by atoms with van der Waals surface area (Å²) in [6.45, 7) is 19.5. The number of carbonyl (C=O) groups excluding carboxylic acids is 2. The zero-order valence-electron chi connectivity index (χ0n) is 40.1. The van der Waals surface area contributed by atoms with Gasteiger partial charge < -0.3 is 44.2 Å². The lowest BCUT2D eigenvalue weighted by Gasteiger charge is -2.35. The highest BCUT2D eigenvalue weighted by atomic mass is 35.5. The van der Waals surface area contributed by atoms with Gasteiger partial charge in [0.15, 0.2) is 12.2 Å². The maximum Gasteiger partial charge on any atom is 0.442 e. The van der Waals surface area contributed by atoms with E-state index in [9.17, 15) is 23.7 Å². The number of benzene rings is 3. The minimum atomic E-state index is -3.10. The highest BCUT2D eigenvalue weighted by molar-refractivity contribution is 7.57. The molecule has 4 atom stereocenters.